The molecule has 1 heterocycles. The molecule has 1 aliphatic heterocycles. The van der Waals surface area contributed by atoms with Crippen molar-refractivity contribution >= 4 is 11.9 Å². The van der Waals surface area contributed by atoms with Crippen LogP contribution in [-0.4, -0.2) is 42.5 Å². The van der Waals surface area contributed by atoms with E-state index >= 15 is 0 Å². The van der Waals surface area contributed by atoms with Gasteiger partial charge in [0.05, 0.1) is 0 Å². The zero-order valence-electron chi connectivity index (χ0n) is 8.67. The first-order valence-electron chi connectivity index (χ1n) is 4.91. The van der Waals surface area contributed by atoms with E-state index < -0.39 is 0 Å². The number of nitrogens with one attached hydrogen (secondary N) is 2. The molecule has 1 fully saturated rings. The predicted molar refractivity (Wildman–Crippen MR) is 52.9 cm³/mol. The maximum absolute atomic E-state index is 11.3. The number of nitrogens with zero attached hydrogens (tertiary/aromatic N) is 1. The summed E-state index contributed by atoms with van der Waals surface area (Å²) in [6.45, 7) is 5.32. The molecule has 0 bridgehead atoms. The Morgan fingerprint density at radius 2 is 2.36 bits per heavy atom. The Bertz CT molecular complexity index is 228. The summed E-state index contributed by atoms with van der Waals surface area (Å²) in [7, 11) is 0. The Labute approximate surface area is 83.8 Å². The lowest BCUT2D eigenvalue weighted by atomic mass is 10.3. The third kappa shape index (κ3) is 3.24. The molecule has 0 aromatic heterocycles. The van der Waals surface area contributed by atoms with Crippen LogP contribution in [0.2, 0.25) is 0 Å². The Balaban J connectivity index is 2.34. The SMILES string of the molecule is CC(C)NC(=O)CN1CCCNC1=O. The van der Waals surface area contributed by atoms with Gasteiger partial charge in [0.2, 0.25) is 5.91 Å². The molecule has 5 nitrogen and oxygen atoms in total. The van der Waals surface area contributed by atoms with Crippen LogP contribution in [0.3, 0.4) is 0 Å². The molecule has 3 amide bonds. The lowest BCUT2D eigenvalue weighted by molar-refractivity contribution is -0.122. The summed E-state index contributed by atoms with van der Waals surface area (Å²) < 4.78 is 0. The van der Waals surface area contributed by atoms with Gasteiger partial charge in [-0.1, -0.05) is 0 Å². The van der Waals surface area contributed by atoms with E-state index in [0.717, 1.165) is 6.42 Å². The van der Waals surface area contributed by atoms with Crippen molar-refractivity contribution in [2.75, 3.05) is 19.6 Å². The molecule has 80 valence electrons. The van der Waals surface area contributed by atoms with E-state index in [2.05, 4.69) is 10.6 Å². The Hall–Kier alpha value is -1.26. The van der Waals surface area contributed by atoms with Crippen molar-refractivity contribution in [2.45, 2.75) is 26.3 Å². The van der Waals surface area contributed by atoms with Crippen LogP contribution < -0.4 is 10.6 Å². The van der Waals surface area contributed by atoms with Crippen LogP contribution >= 0.6 is 0 Å². The minimum atomic E-state index is -0.143. The molecule has 14 heavy (non-hydrogen) atoms. The zero-order chi connectivity index (χ0) is 10.6. The van der Waals surface area contributed by atoms with Gasteiger partial charge in [-0.25, -0.2) is 4.79 Å². The summed E-state index contributed by atoms with van der Waals surface area (Å²) in [5, 5.41) is 5.45. The average Bonchev–Trinajstić information content (AvgIpc) is 2.07. The van der Waals surface area contributed by atoms with Gasteiger partial charge in [-0.2, -0.15) is 0 Å². The van der Waals surface area contributed by atoms with Crippen LogP contribution in [0.4, 0.5) is 4.79 Å². The molecule has 2 N–H and O–H groups in total. The van der Waals surface area contributed by atoms with Crippen molar-refractivity contribution in [3.63, 3.8) is 0 Å². The van der Waals surface area contributed by atoms with Gasteiger partial charge in [-0.3, -0.25) is 4.79 Å². The fourth-order valence-electron chi connectivity index (χ4n) is 1.37. The van der Waals surface area contributed by atoms with Gasteiger partial charge < -0.3 is 15.5 Å². The molecule has 0 unspecified atom stereocenters. The summed E-state index contributed by atoms with van der Waals surface area (Å²) >= 11 is 0. The van der Waals surface area contributed by atoms with E-state index in [1.54, 1.807) is 0 Å². The molecule has 0 aromatic carbocycles. The quantitative estimate of drug-likeness (QED) is 0.668. The molecule has 0 saturated carbocycles. The highest BCUT2D eigenvalue weighted by molar-refractivity contribution is 5.84. The molecular weight excluding hydrogens is 182 g/mol. The molecule has 0 aliphatic carbocycles. The van der Waals surface area contributed by atoms with Crippen LogP contribution in [0.15, 0.2) is 0 Å². The Morgan fingerprint density at radius 3 is 2.93 bits per heavy atom. The van der Waals surface area contributed by atoms with E-state index in [-0.39, 0.29) is 24.5 Å². The number of hydrogen-bond donors (Lipinski definition) is 2. The fraction of sp³-hybridized carbons (Fsp3) is 0.778. The highest BCUT2D eigenvalue weighted by atomic mass is 16.2. The molecule has 0 radical (unpaired) electrons. The normalized spacial score (nSPS) is 16.8. The van der Waals surface area contributed by atoms with Crippen molar-refractivity contribution in [3.8, 4) is 0 Å². The van der Waals surface area contributed by atoms with Crippen LogP contribution in [0, 0.1) is 0 Å². The highest BCUT2D eigenvalue weighted by Crippen LogP contribution is 1.98. The number of urea groups is 1. The Morgan fingerprint density at radius 1 is 1.64 bits per heavy atom. The lowest BCUT2D eigenvalue weighted by Gasteiger charge is -2.27. The minimum Gasteiger partial charge on any atom is -0.352 e. The second-order valence-corrected chi connectivity index (χ2v) is 3.73. The third-order valence-electron chi connectivity index (χ3n) is 1.95. The molecule has 5 heteroatoms. The first kappa shape index (κ1) is 10.8. The van der Waals surface area contributed by atoms with Gasteiger partial charge >= 0.3 is 6.03 Å². The molecule has 1 aliphatic rings. The number of carbonyl (C=O) groups excluding carboxylic acids is 2. The van der Waals surface area contributed by atoms with Crippen LogP contribution in [-0.2, 0) is 4.79 Å². The van der Waals surface area contributed by atoms with E-state index in [1.165, 1.54) is 4.90 Å². The summed E-state index contributed by atoms with van der Waals surface area (Å²) in [6.07, 6.45) is 0.903. The van der Waals surface area contributed by atoms with Gasteiger partial charge in [0, 0.05) is 19.1 Å². The second-order valence-electron chi connectivity index (χ2n) is 3.73. The van der Waals surface area contributed by atoms with Crippen molar-refractivity contribution in [1.82, 2.24) is 15.5 Å². The van der Waals surface area contributed by atoms with E-state index in [4.69, 9.17) is 0 Å². The first-order chi connectivity index (χ1) is 6.59. The first-order valence-corrected chi connectivity index (χ1v) is 4.91. The minimum absolute atomic E-state index is 0.1000. The van der Waals surface area contributed by atoms with Gasteiger partial charge in [0.15, 0.2) is 0 Å². The van der Waals surface area contributed by atoms with Gasteiger partial charge in [0.25, 0.3) is 0 Å². The topological polar surface area (TPSA) is 61.4 Å². The van der Waals surface area contributed by atoms with Crippen molar-refractivity contribution in [2.24, 2.45) is 0 Å². The molecule has 1 saturated heterocycles. The smallest absolute Gasteiger partial charge is 0.317 e. The van der Waals surface area contributed by atoms with Gasteiger partial charge in [-0.05, 0) is 20.3 Å². The van der Waals surface area contributed by atoms with Gasteiger partial charge in [-0.15, -0.1) is 0 Å². The molecule has 0 atom stereocenters. The van der Waals surface area contributed by atoms with Crippen molar-refractivity contribution in [3.05, 3.63) is 0 Å². The summed E-state index contributed by atoms with van der Waals surface area (Å²) in [6, 6.07) is -0.0227. The Kier molecular flexibility index (Phi) is 3.73. The largest absolute Gasteiger partial charge is 0.352 e. The standard InChI is InChI=1S/C9H17N3O2/c1-7(2)11-8(13)6-12-5-3-4-10-9(12)14/h7H,3-6H2,1-2H3,(H,10,14)(H,11,13). The average molecular weight is 199 g/mol. The number of rotatable bonds is 3. The highest BCUT2D eigenvalue weighted by Gasteiger charge is 2.19. The van der Waals surface area contributed by atoms with E-state index in [1.807, 2.05) is 13.8 Å². The summed E-state index contributed by atoms with van der Waals surface area (Å²) in [5.41, 5.74) is 0. The monoisotopic (exact) mass is 199 g/mol. The van der Waals surface area contributed by atoms with E-state index in [0.29, 0.717) is 13.1 Å². The molecule has 0 aromatic rings. The van der Waals surface area contributed by atoms with Crippen LogP contribution in [0.1, 0.15) is 20.3 Å². The maximum atomic E-state index is 11.3. The summed E-state index contributed by atoms with van der Waals surface area (Å²) in [5.74, 6) is -0.1000. The van der Waals surface area contributed by atoms with Crippen molar-refractivity contribution in [1.29, 1.82) is 0 Å². The third-order valence-corrected chi connectivity index (χ3v) is 1.95. The number of hydrogen-bond acceptors (Lipinski definition) is 2. The second kappa shape index (κ2) is 4.83. The molecule has 1 rings (SSSR count). The molecule has 0 spiro atoms. The van der Waals surface area contributed by atoms with Crippen LogP contribution in [0.25, 0.3) is 0 Å². The van der Waals surface area contributed by atoms with Gasteiger partial charge in [0.1, 0.15) is 6.54 Å². The fourth-order valence-corrected chi connectivity index (χ4v) is 1.37. The molecular formula is C9H17N3O2. The van der Waals surface area contributed by atoms with Crippen molar-refractivity contribution < 1.29 is 9.59 Å². The predicted octanol–water partition coefficient (Wildman–Crippen LogP) is -0.0737. The summed E-state index contributed by atoms with van der Waals surface area (Å²) in [4.78, 5) is 24.1. The van der Waals surface area contributed by atoms with Crippen LogP contribution in [0.5, 0.6) is 0 Å². The lowest BCUT2D eigenvalue weighted by Crippen LogP contribution is -2.50. The maximum Gasteiger partial charge on any atom is 0.317 e. The zero-order valence-corrected chi connectivity index (χ0v) is 8.67. The number of amides is 3. The number of carbonyl (C=O) groups is 2. The van der Waals surface area contributed by atoms with E-state index in [9.17, 15) is 9.59 Å².